The Morgan fingerprint density at radius 3 is 2.44 bits per heavy atom. The third-order valence-corrected chi connectivity index (χ3v) is 6.66. The molecule has 0 aliphatic carbocycles. The van der Waals surface area contributed by atoms with Crippen LogP contribution in [0.3, 0.4) is 0 Å². The van der Waals surface area contributed by atoms with Crippen LogP contribution < -0.4 is 10.1 Å². The monoisotopic (exact) mass is 460 g/mol. The number of phenolic OH excluding ortho intramolecular Hbond substituents is 1. The number of ether oxygens (including phenoxy) is 1. The van der Waals surface area contributed by atoms with E-state index in [4.69, 9.17) is 9.26 Å². The second-order valence-corrected chi connectivity index (χ2v) is 8.70. The Morgan fingerprint density at radius 1 is 1.16 bits per heavy atom. The van der Waals surface area contributed by atoms with E-state index in [2.05, 4.69) is 15.5 Å². The van der Waals surface area contributed by atoms with Crippen molar-refractivity contribution in [1.29, 1.82) is 0 Å². The molecule has 1 heterocycles. The zero-order valence-corrected chi connectivity index (χ0v) is 18.7. The number of phenols is 1. The molecule has 2 aromatic carbocycles. The van der Waals surface area contributed by atoms with Gasteiger partial charge in [0.05, 0.1) is 10.6 Å². The van der Waals surface area contributed by atoms with Gasteiger partial charge in [0.1, 0.15) is 11.5 Å². The molecule has 32 heavy (non-hydrogen) atoms. The van der Waals surface area contributed by atoms with Crippen molar-refractivity contribution in [1.82, 2.24) is 14.4 Å². The number of nitrogens with one attached hydrogen (secondary N) is 1. The van der Waals surface area contributed by atoms with E-state index in [9.17, 15) is 18.3 Å². The Bertz CT molecular complexity index is 1190. The minimum absolute atomic E-state index is 0.00367. The standard InChI is InChI=1S/C21H24N4O6S/c1-4-25(5-2)32(28,29)17-10-11-19(26)18(12-17)23-21(27)15-6-8-16(9-7-15)30-13-20-22-14(3)31-24-20/h6-12,26H,4-5,13H2,1-3H3,(H,23,27). The number of aryl methyl sites for hydroxylation is 1. The molecule has 0 aliphatic heterocycles. The molecule has 0 unspecified atom stereocenters. The first-order valence-corrected chi connectivity index (χ1v) is 11.3. The highest BCUT2D eigenvalue weighted by Crippen LogP contribution is 2.28. The molecule has 3 aromatic rings. The van der Waals surface area contributed by atoms with Gasteiger partial charge in [-0.25, -0.2) is 8.42 Å². The highest BCUT2D eigenvalue weighted by atomic mass is 32.2. The van der Waals surface area contributed by atoms with Gasteiger partial charge in [0, 0.05) is 25.6 Å². The van der Waals surface area contributed by atoms with Crippen LogP contribution >= 0.6 is 0 Å². The smallest absolute Gasteiger partial charge is 0.255 e. The molecule has 2 N–H and O–H groups in total. The number of amides is 1. The first kappa shape index (κ1) is 23.2. The van der Waals surface area contributed by atoms with Crippen molar-refractivity contribution in [2.75, 3.05) is 18.4 Å². The van der Waals surface area contributed by atoms with Crippen LogP contribution in [-0.2, 0) is 16.6 Å². The van der Waals surface area contributed by atoms with Crippen molar-refractivity contribution in [3.63, 3.8) is 0 Å². The van der Waals surface area contributed by atoms with Crippen LogP contribution in [0.1, 0.15) is 35.9 Å². The Labute approximate surface area is 185 Å². The number of hydrogen-bond acceptors (Lipinski definition) is 8. The average Bonchev–Trinajstić information content (AvgIpc) is 3.19. The minimum atomic E-state index is -3.74. The predicted molar refractivity (Wildman–Crippen MR) is 116 cm³/mol. The van der Waals surface area contributed by atoms with E-state index in [1.807, 2.05) is 0 Å². The van der Waals surface area contributed by atoms with Crippen LogP contribution in [0.2, 0.25) is 0 Å². The van der Waals surface area contributed by atoms with Crippen LogP contribution in [0.4, 0.5) is 5.69 Å². The summed E-state index contributed by atoms with van der Waals surface area (Å²) in [6.45, 7) is 5.88. The van der Waals surface area contributed by atoms with Gasteiger partial charge in [-0.1, -0.05) is 19.0 Å². The molecule has 1 aromatic heterocycles. The molecular weight excluding hydrogens is 436 g/mol. The van der Waals surface area contributed by atoms with Gasteiger partial charge in [-0.2, -0.15) is 9.29 Å². The minimum Gasteiger partial charge on any atom is -0.506 e. The second-order valence-electron chi connectivity index (χ2n) is 6.77. The first-order valence-electron chi connectivity index (χ1n) is 9.91. The molecular formula is C21H24N4O6S. The normalized spacial score (nSPS) is 11.5. The molecule has 0 saturated carbocycles. The lowest BCUT2D eigenvalue weighted by molar-refractivity contribution is 0.102. The van der Waals surface area contributed by atoms with Crippen LogP contribution in [0.15, 0.2) is 51.9 Å². The summed E-state index contributed by atoms with van der Waals surface area (Å²) in [5, 5.41) is 16.4. The fourth-order valence-corrected chi connectivity index (χ4v) is 4.42. The van der Waals surface area contributed by atoms with Gasteiger partial charge in [0.15, 0.2) is 6.61 Å². The van der Waals surface area contributed by atoms with E-state index in [-0.39, 0.29) is 22.9 Å². The number of aromatic nitrogens is 2. The Morgan fingerprint density at radius 2 is 1.84 bits per heavy atom. The number of hydrogen-bond donors (Lipinski definition) is 2. The van der Waals surface area contributed by atoms with Crippen molar-refractivity contribution >= 4 is 21.6 Å². The summed E-state index contributed by atoms with van der Waals surface area (Å²) in [5.74, 6) is 0.580. The van der Waals surface area contributed by atoms with Gasteiger partial charge in [0.2, 0.25) is 21.7 Å². The summed E-state index contributed by atoms with van der Waals surface area (Å²) in [6.07, 6.45) is 0. The third-order valence-electron chi connectivity index (χ3n) is 4.61. The van der Waals surface area contributed by atoms with Gasteiger partial charge >= 0.3 is 0 Å². The summed E-state index contributed by atoms with van der Waals surface area (Å²) in [4.78, 5) is 16.6. The number of aromatic hydroxyl groups is 1. The molecule has 0 spiro atoms. The first-order chi connectivity index (χ1) is 15.2. The van der Waals surface area contributed by atoms with E-state index < -0.39 is 15.9 Å². The third kappa shape index (κ3) is 5.24. The van der Waals surface area contributed by atoms with Crippen molar-refractivity contribution in [3.8, 4) is 11.5 Å². The maximum atomic E-state index is 12.7. The van der Waals surface area contributed by atoms with Gasteiger partial charge in [0.25, 0.3) is 5.91 Å². The SMILES string of the molecule is CCN(CC)S(=O)(=O)c1ccc(O)c(NC(=O)c2ccc(OCc3noc(C)n3)cc2)c1. The van der Waals surface area contributed by atoms with E-state index in [0.717, 1.165) is 0 Å². The fourth-order valence-electron chi connectivity index (χ4n) is 2.93. The molecule has 170 valence electrons. The number of benzene rings is 2. The highest BCUT2D eigenvalue weighted by molar-refractivity contribution is 7.89. The highest BCUT2D eigenvalue weighted by Gasteiger charge is 2.23. The molecule has 0 aliphatic rings. The molecule has 0 atom stereocenters. The van der Waals surface area contributed by atoms with Crippen LogP contribution in [-0.4, -0.2) is 47.0 Å². The molecule has 0 saturated heterocycles. The van der Waals surface area contributed by atoms with Crippen LogP contribution in [0.25, 0.3) is 0 Å². The van der Waals surface area contributed by atoms with Crippen LogP contribution in [0.5, 0.6) is 11.5 Å². The van der Waals surface area contributed by atoms with Gasteiger partial charge in [-0.05, 0) is 42.5 Å². The van der Waals surface area contributed by atoms with Crippen LogP contribution in [0, 0.1) is 6.92 Å². The Balaban J connectivity index is 1.71. The fraction of sp³-hybridized carbons (Fsp3) is 0.286. The molecule has 3 rings (SSSR count). The van der Waals surface area contributed by atoms with E-state index >= 15 is 0 Å². The predicted octanol–water partition coefficient (Wildman–Crippen LogP) is 2.95. The number of anilines is 1. The van der Waals surface area contributed by atoms with Gasteiger partial charge in [-0.3, -0.25) is 4.79 Å². The van der Waals surface area contributed by atoms with E-state index in [0.29, 0.717) is 36.1 Å². The van der Waals surface area contributed by atoms with Crippen molar-refractivity contribution in [3.05, 3.63) is 59.7 Å². The summed E-state index contributed by atoms with van der Waals surface area (Å²) in [5.41, 5.74) is 0.292. The summed E-state index contributed by atoms with van der Waals surface area (Å²) in [7, 11) is -3.74. The lowest BCUT2D eigenvalue weighted by Crippen LogP contribution is -2.30. The zero-order valence-electron chi connectivity index (χ0n) is 17.9. The Kier molecular flexibility index (Phi) is 7.11. The second kappa shape index (κ2) is 9.79. The average molecular weight is 461 g/mol. The van der Waals surface area contributed by atoms with E-state index in [1.54, 1.807) is 45.0 Å². The largest absolute Gasteiger partial charge is 0.506 e. The molecule has 10 nitrogen and oxygen atoms in total. The van der Waals surface area contributed by atoms with E-state index in [1.165, 1.54) is 22.5 Å². The Hall–Kier alpha value is -3.44. The maximum absolute atomic E-state index is 12.7. The van der Waals surface area contributed by atoms with Crippen molar-refractivity contribution in [2.45, 2.75) is 32.3 Å². The topological polar surface area (TPSA) is 135 Å². The number of rotatable bonds is 9. The summed E-state index contributed by atoms with van der Waals surface area (Å²) >= 11 is 0. The summed E-state index contributed by atoms with van der Waals surface area (Å²) in [6, 6.07) is 10.1. The quantitative estimate of drug-likeness (QED) is 0.465. The molecule has 0 fully saturated rings. The number of sulfonamides is 1. The molecule has 1 amide bonds. The van der Waals surface area contributed by atoms with Crippen molar-refractivity contribution < 1.29 is 27.6 Å². The lowest BCUT2D eigenvalue weighted by atomic mass is 10.2. The van der Waals surface area contributed by atoms with Gasteiger partial charge < -0.3 is 19.7 Å². The number of nitrogens with zero attached hydrogens (tertiary/aromatic N) is 3. The molecule has 0 bridgehead atoms. The lowest BCUT2D eigenvalue weighted by Gasteiger charge is -2.19. The molecule has 11 heteroatoms. The maximum Gasteiger partial charge on any atom is 0.255 e. The summed E-state index contributed by atoms with van der Waals surface area (Å²) < 4.78 is 37.1. The zero-order chi connectivity index (χ0) is 23.3. The van der Waals surface area contributed by atoms with Gasteiger partial charge in [-0.15, -0.1) is 0 Å². The number of carbonyl (C=O) groups is 1. The number of carbonyl (C=O) groups excluding carboxylic acids is 1. The molecule has 0 radical (unpaired) electrons. The van der Waals surface area contributed by atoms with Crippen molar-refractivity contribution in [2.24, 2.45) is 0 Å².